The first kappa shape index (κ1) is 6.53. The van der Waals surface area contributed by atoms with E-state index in [0.29, 0.717) is 5.92 Å². The van der Waals surface area contributed by atoms with E-state index in [1.165, 1.54) is 0 Å². The standard InChI is InChI=1S/C8H11F/c1-6-3-4-7(2)8(9)5-6/h4-6H,3H2,1-2H3/t6-/m1/s1. The zero-order valence-corrected chi connectivity index (χ0v) is 5.82. The predicted molar refractivity (Wildman–Crippen MR) is 36.7 cm³/mol. The molecule has 0 N–H and O–H groups in total. The fourth-order valence-electron chi connectivity index (χ4n) is 0.909. The minimum absolute atomic E-state index is 0.0475. The summed E-state index contributed by atoms with van der Waals surface area (Å²) in [6, 6.07) is 0. The second-order valence-corrected chi connectivity index (χ2v) is 2.61. The van der Waals surface area contributed by atoms with Crippen molar-refractivity contribution in [3.63, 3.8) is 0 Å². The summed E-state index contributed by atoms with van der Waals surface area (Å²) in [5, 5.41) is 0. The van der Waals surface area contributed by atoms with E-state index in [1.807, 2.05) is 13.0 Å². The Morgan fingerprint density at radius 1 is 1.67 bits per heavy atom. The lowest BCUT2D eigenvalue weighted by Crippen LogP contribution is -1.95. The molecule has 0 aromatic heterocycles. The molecule has 1 rings (SSSR count). The average molecular weight is 126 g/mol. The Bertz CT molecular complexity index is 165. The van der Waals surface area contributed by atoms with E-state index < -0.39 is 0 Å². The fraction of sp³-hybridized carbons (Fsp3) is 0.500. The molecule has 0 saturated carbocycles. The van der Waals surface area contributed by atoms with Crippen LogP contribution in [0.1, 0.15) is 20.3 Å². The SMILES string of the molecule is CC1=CC[C@@H](C)C=C1F. The molecule has 0 bridgehead atoms. The van der Waals surface area contributed by atoms with Crippen molar-refractivity contribution >= 4 is 0 Å². The summed E-state index contributed by atoms with van der Waals surface area (Å²) in [6.07, 6.45) is 4.61. The molecule has 1 heteroatoms. The molecule has 0 aliphatic heterocycles. The van der Waals surface area contributed by atoms with E-state index in [1.54, 1.807) is 13.0 Å². The van der Waals surface area contributed by atoms with Crippen molar-refractivity contribution in [3.05, 3.63) is 23.6 Å². The van der Waals surface area contributed by atoms with Gasteiger partial charge in [0.2, 0.25) is 0 Å². The van der Waals surface area contributed by atoms with Crippen LogP contribution in [0.2, 0.25) is 0 Å². The Labute approximate surface area is 55.1 Å². The van der Waals surface area contributed by atoms with Crippen molar-refractivity contribution < 1.29 is 4.39 Å². The number of halogens is 1. The van der Waals surface area contributed by atoms with Crippen LogP contribution in [0.25, 0.3) is 0 Å². The topological polar surface area (TPSA) is 0 Å². The Morgan fingerprint density at radius 3 is 2.78 bits per heavy atom. The third-order valence-corrected chi connectivity index (χ3v) is 1.60. The fourth-order valence-corrected chi connectivity index (χ4v) is 0.909. The molecule has 0 amide bonds. The van der Waals surface area contributed by atoms with Crippen LogP contribution < -0.4 is 0 Å². The van der Waals surface area contributed by atoms with Gasteiger partial charge in [-0.25, -0.2) is 4.39 Å². The normalized spacial score (nSPS) is 27.2. The Balaban J connectivity index is 2.75. The van der Waals surface area contributed by atoms with Gasteiger partial charge in [0.25, 0.3) is 0 Å². The molecule has 9 heavy (non-hydrogen) atoms. The maximum atomic E-state index is 12.6. The molecule has 0 nitrogen and oxygen atoms in total. The molecule has 0 aromatic carbocycles. The smallest absolute Gasteiger partial charge is 0.122 e. The van der Waals surface area contributed by atoms with E-state index in [0.717, 1.165) is 12.0 Å². The van der Waals surface area contributed by atoms with Crippen LogP contribution in [-0.4, -0.2) is 0 Å². The predicted octanol–water partition coefficient (Wildman–Crippen LogP) is 2.83. The van der Waals surface area contributed by atoms with Gasteiger partial charge in [0, 0.05) is 0 Å². The van der Waals surface area contributed by atoms with Crippen LogP contribution in [0, 0.1) is 5.92 Å². The highest BCUT2D eigenvalue weighted by Gasteiger charge is 2.07. The lowest BCUT2D eigenvalue weighted by Gasteiger charge is -2.09. The lowest BCUT2D eigenvalue weighted by atomic mass is 9.99. The Morgan fingerprint density at radius 2 is 2.33 bits per heavy atom. The van der Waals surface area contributed by atoms with Crippen molar-refractivity contribution in [1.82, 2.24) is 0 Å². The first-order valence-electron chi connectivity index (χ1n) is 3.24. The molecule has 1 aliphatic carbocycles. The Kier molecular flexibility index (Phi) is 1.70. The van der Waals surface area contributed by atoms with Gasteiger partial charge in [0.15, 0.2) is 0 Å². The number of hydrogen-bond donors (Lipinski definition) is 0. The number of allylic oxidation sites excluding steroid dienone is 4. The van der Waals surface area contributed by atoms with E-state index in [2.05, 4.69) is 0 Å². The minimum Gasteiger partial charge on any atom is -0.207 e. The zero-order chi connectivity index (χ0) is 6.85. The van der Waals surface area contributed by atoms with Gasteiger partial charge in [-0.05, 0) is 30.9 Å². The summed E-state index contributed by atoms with van der Waals surface area (Å²) in [5.74, 6) is 0.336. The van der Waals surface area contributed by atoms with Gasteiger partial charge in [0.05, 0.1) is 0 Å². The quantitative estimate of drug-likeness (QED) is 0.468. The molecule has 0 aromatic rings. The highest BCUT2D eigenvalue weighted by atomic mass is 19.1. The number of rotatable bonds is 0. The van der Waals surface area contributed by atoms with E-state index >= 15 is 0 Å². The van der Waals surface area contributed by atoms with Crippen LogP contribution in [0.5, 0.6) is 0 Å². The average Bonchev–Trinajstić information content (AvgIpc) is 1.80. The van der Waals surface area contributed by atoms with Gasteiger partial charge in [-0.2, -0.15) is 0 Å². The van der Waals surface area contributed by atoms with Crippen molar-refractivity contribution in [3.8, 4) is 0 Å². The van der Waals surface area contributed by atoms with Gasteiger partial charge in [0.1, 0.15) is 5.83 Å². The third kappa shape index (κ3) is 1.41. The summed E-state index contributed by atoms with van der Waals surface area (Å²) >= 11 is 0. The molecule has 1 aliphatic rings. The van der Waals surface area contributed by atoms with Crippen LogP contribution in [0.15, 0.2) is 23.6 Å². The molecule has 50 valence electrons. The van der Waals surface area contributed by atoms with Gasteiger partial charge in [-0.15, -0.1) is 0 Å². The summed E-state index contributed by atoms with van der Waals surface area (Å²) in [4.78, 5) is 0. The largest absolute Gasteiger partial charge is 0.207 e. The molecule has 0 saturated heterocycles. The van der Waals surface area contributed by atoms with Gasteiger partial charge >= 0.3 is 0 Å². The van der Waals surface area contributed by atoms with E-state index in [4.69, 9.17) is 0 Å². The van der Waals surface area contributed by atoms with Gasteiger partial charge in [-0.1, -0.05) is 13.0 Å². The second-order valence-electron chi connectivity index (χ2n) is 2.61. The van der Waals surface area contributed by atoms with Gasteiger partial charge < -0.3 is 0 Å². The highest BCUT2D eigenvalue weighted by molar-refractivity contribution is 5.26. The van der Waals surface area contributed by atoms with Crippen molar-refractivity contribution in [2.45, 2.75) is 20.3 Å². The van der Waals surface area contributed by atoms with E-state index in [9.17, 15) is 4.39 Å². The maximum Gasteiger partial charge on any atom is 0.122 e. The van der Waals surface area contributed by atoms with Crippen LogP contribution in [0.4, 0.5) is 4.39 Å². The second kappa shape index (κ2) is 2.34. The van der Waals surface area contributed by atoms with Crippen molar-refractivity contribution in [1.29, 1.82) is 0 Å². The lowest BCUT2D eigenvalue weighted by molar-refractivity contribution is 0.600. The van der Waals surface area contributed by atoms with Crippen LogP contribution in [0.3, 0.4) is 0 Å². The molecule has 0 unspecified atom stereocenters. The highest BCUT2D eigenvalue weighted by Crippen LogP contribution is 2.22. The van der Waals surface area contributed by atoms with Crippen molar-refractivity contribution in [2.75, 3.05) is 0 Å². The first-order chi connectivity index (χ1) is 4.20. The maximum absolute atomic E-state index is 12.6. The zero-order valence-electron chi connectivity index (χ0n) is 5.82. The van der Waals surface area contributed by atoms with E-state index in [-0.39, 0.29) is 5.83 Å². The van der Waals surface area contributed by atoms with Crippen molar-refractivity contribution in [2.24, 2.45) is 5.92 Å². The molecule has 0 heterocycles. The molecule has 0 fully saturated rings. The summed E-state index contributed by atoms with van der Waals surface area (Å²) in [6.45, 7) is 3.82. The summed E-state index contributed by atoms with van der Waals surface area (Å²) < 4.78 is 12.6. The monoisotopic (exact) mass is 126 g/mol. The molecular formula is C8H11F. The van der Waals surface area contributed by atoms with Crippen LogP contribution in [-0.2, 0) is 0 Å². The molecule has 1 atom stereocenters. The molecule has 0 spiro atoms. The third-order valence-electron chi connectivity index (χ3n) is 1.60. The molecular weight excluding hydrogens is 115 g/mol. The summed E-state index contributed by atoms with van der Waals surface area (Å²) in [5.41, 5.74) is 0.785. The summed E-state index contributed by atoms with van der Waals surface area (Å²) in [7, 11) is 0. The molecule has 0 radical (unpaired) electrons. The minimum atomic E-state index is -0.0475. The number of hydrogen-bond acceptors (Lipinski definition) is 0. The van der Waals surface area contributed by atoms with Gasteiger partial charge in [-0.3, -0.25) is 0 Å². The first-order valence-corrected chi connectivity index (χ1v) is 3.24. The van der Waals surface area contributed by atoms with Crippen LogP contribution >= 0.6 is 0 Å². The Hall–Kier alpha value is -0.590.